The molecule has 0 aliphatic rings. The lowest BCUT2D eigenvalue weighted by Crippen LogP contribution is -2.29. The van der Waals surface area contributed by atoms with E-state index in [0.717, 1.165) is 17.5 Å². The van der Waals surface area contributed by atoms with Crippen LogP contribution < -0.4 is 5.32 Å². The topological polar surface area (TPSA) is 29.1 Å². The second-order valence-corrected chi connectivity index (χ2v) is 5.61. The molecule has 0 radical (unpaired) electrons. The van der Waals surface area contributed by atoms with Crippen molar-refractivity contribution in [2.75, 3.05) is 0 Å². The Labute approximate surface area is 131 Å². The molecular formula is C18H20ClNO. The first-order chi connectivity index (χ1) is 10.1. The highest BCUT2D eigenvalue weighted by atomic mass is 35.5. The summed E-state index contributed by atoms with van der Waals surface area (Å²) in [6, 6.07) is 15.8. The summed E-state index contributed by atoms with van der Waals surface area (Å²) in [5.41, 5.74) is 3.21. The first-order valence-corrected chi connectivity index (χ1v) is 7.57. The normalized spacial score (nSPS) is 12.0. The summed E-state index contributed by atoms with van der Waals surface area (Å²) >= 11 is 6.09. The molecule has 0 aromatic heterocycles. The van der Waals surface area contributed by atoms with Gasteiger partial charge in [0.15, 0.2) is 0 Å². The van der Waals surface area contributed by atoms with Crippen molar-refractivity contribution in [2.45, 2.75) is 32.7 Å². The molecule has 3 heteroatoms. The highest BCUT2D eigenvalue weighted by Crippen LogP contribution is 2.19. The molecule has 110 valence electrons. The fourth-order valence-corrected chi connectivity index (χ4v) is 2.48. The van der Waals surface area contributed by atoms with Crippen LogP contribution >= 0.6 is 11.6 Å². The molecule has 0 aliphatic carbocycles. The summed E-state index contributed by atoms with van der Waals surface area (Å²) < 4.78 is 0. The molecule has 2 aromatic rings. The zero-order valence-electron chi connectivity index (χ0n) is 12.4. The molecule has 1 unspecified atom stereocenters. The number of rotatable bonds is 5. The Morgan fingerprint density at radius 1 is 1.14 bits per heavy atom. The minimum atomic E-state index is -0.00414. The standard InChI is InChI=1S/C18H20ClNO/c1-3-17(14-10-8-13(2)9-11-14)20-18(21)12-15-6-4-5-7-16(15)19/h4-11,17H,3,12H2,1-2H3,(H,20,21). The number of carbonyl (C=O) groups excluding carboxylic acids is 1. The summed E-state index contributed by atoms with van der Waals surface area (Å²) in [7, 11) is 0. The number of benzene rings is 2. The van der Waals surface area contributed by atoms with Crippen LogP contribution in [0.15, 0.2) is 48.5 Å². The molecule has 1 atom stereocenters. The quantitative estimate of drug-likeness (QED) is 0.868. The van der Waals surface area contributed by atoms with Crippen molar-refractivity contribution >= 4 is 17.5 Å². The Hall–Kier alpha value is -1.80. The van der Waals surface area contributed by atoms with Gasteiger partial charge >= 0.3 is 0 Å². The van der Waals surface area contributed by atoms with Crippen LogP contribution in [0.3, 0.4) is 0 Å². The average molecular weight is 302 g/mol. The van der Waals surface area contributed by atoms with Crippen molar-refractivity contribution < 1.29 is 4.79 Å². The summed E-state index contributed by atoms with van der Waals surface area (Å²) in [6.45, 7) is 4.13. The Morgan fingerprint density at radius 2 is 1.81 bits per heavy atom. The van der Waals surface area contributed by atoms with Crippen LogP contribution in [0.2, 0.25) is 5.02 Å². The molecule has 0 saturated carbocycles. The van der Waals surface area contributed by atoms with E-state index in [1.165, 1.54) is 5.56 Å². The Kier molecular flexibility index (Phi) is 5.40. The van der Waals surface area contributed by atoms with Gasteiger partial charge in [-0.2, -0.15) is 0 Å². The van der Waals surface area contributed by atoms with E-state index in [9.17, 15) is 4.79 Å². The van der Waals surface area contributed by atoms with Crippen LogP contribution in [0.4, 0.5) is 0 Å². The monoisotopic (exact) mass is 301 g/mol. The van der Waals surface area contributed by atoms with Crippen LogP contribution in [0.5, 0.6) is 0 Å². The molecule has 2 nitrogen and oxygen atoms in total. The smallest absolute Gasteiger partial charge is 0.224 e. The van der Waals surface area contributed by atoms with Gasteiger partial charge < -0.3 is 5.32 Å². The van der Waals surface area contributed by atoms with Crippen molar-refractivity contribution in [1.29, 1.82) is 0 Å². The number of nitrogens with one attached hydrogen (secondary N) is 1. The number of hydrogen-bond donors (Lipinski definition) is 1. The van der Waals surface area contributed by atoms with E-state index >= 15 is 0 Å². The highest BCUT2D eigenvalue weighted by Gasteiger charge is 2.13. The second kappa shape index (κ2) is 7.28. The van der Waals surface area contributed by atoms with Crippen LogP contribution in [-0.2, 0) is 11.2 Å². The number of halogens is 1. The molecule has 2 aromatic carbocycles. The third-order valence-corrected chi connectivity index (χ3v) is 3.90. The van der Waals surface area contributed by atoms with Gasteiger partial charge in [0.1, 0.15) is 0 Å². The van der Waals surface area contributed by atoms with E-state index in [1.54, 1.807) is 6.07 Å². The van der Waals surface area contributed by atoms with Gasteiger partial charge in [-0.15, -0.1) is 0 Å². The summed E-state index contributed by atoms with van der Waals surface area (Å²) in [6.07, 6.45) is 1.17. The lowest BCUT2D eigenvalue weighted by Gasteiger charge is -2.18. The molecule has 0 spiro atoms. The minimum Gasteiger partial charge on any atom is -0.349 e. The van der Waals surface area contributed by atoms with Crippen LogP contribution in [0, 0.1) is 6.92 Å². The Balaban J connectivity index is 2.03. The van der Waals surface area contributed by atoms with E-state index in [0.29, 0.717) is 11.4 Å². The SMILES string of the molecule is CCC(NC(=O)Cc1ccccc1Cl)c1ccc(C)cc1. The third-order valence-electron chi connectivity index (χ3n) is 3.53. The van der Waals surface area contributed by atoms with E-state index in [4.69, 9.17) is 11.6 Å². The van der Waals surface area contributed by atoms with Gasteiger partial charge in [0.25, 0.3) is 0 Å². The molecule has 0 saturated heterocycles. The summed E-state index contributed by atoms with van der Waals surface area (Å²) in [5, 5.41) is 3.72. The molecule has 0 fully saturated rings. The van der Waals surface area contributed by atoms with Crippen LogP contribution in [-0.4, -0.2) is 5.91 Å². The molecule has 0 aliphatic heterocycles. The maximum atomic E-state index is 12.2. The van der Waals surface area contributed by atoms with Gasteiger partial charge in [0.2, 0.25) is 5.91 Å². The van der Waals surface area contributed by atoms with Gasteiger partial charge in [-0.25, -0.2) is 0 Å². The van der Waals surface area contributed by atoms with Crippen LogP contribution in [0.25, 0.3) is 0 Å². The van der Waals surface area contributed by atoms with Gasteiger partial charge in [-0.1, -0.05) is 66.6 Å². The molecule has 1 amide bonds. The first kappa shape index (κ1) is 15.6. The van der Waals surface area contributed by atoms with Crippen molar-refractivity contribution in [3.05, 3.63) is 70.2 Å². The predicted octanol–water partition coefficient (Wildman–Crippen LogP) is 4.46. The fraction of sp³-hybridized carbons (Fsp3) is 0.278. The average Bonchev–Trinajstić information content (AvgIpc) is 2.48. The molecule has 0 heterocycles. The second-order valence-electron chi connectivity index (χ2n) is 5.21. The van der Waals surface area contributed by atoms with Crippen LogP contribution in [0.1, 0.15) is 36.1 Å². The summed E-state index contributed by atoms with van der Waals surface area (Å²) in [4.78, 5) is 12.2. The molecule has 21 heavy (non-hydrogen) atoms. The minimum absolute atomic E-state index is 0.00414. The van der Waals surface area contributed by atoms with Gasteiger partial charge in [0.05, 0.1) is 12.5 Å². The third kappa shape index (κ3) is 4.33. The van der Waals surface area contributed by atoms with E-state index in [1.807, 2.05) is 18.2 Å². The number of hydrogen-bond acceptors (Lipinski definition) is 1. The number of amides is 1. The Morgan fingerprint density at radius 3 is 2.43 bits per heavy atom. The van der Waals surface area contributed by atoms with Crippen molar-refractivity contribution in [1.82, 2.24) is 5.32 Å². The van der Waals surface area contributed by atoms with Gasteiger partial charge in [-0.05, 0) is 30.5 Å². The number of aryl methyl sites for hydroxylation is 1. The summed E-state index contributed by atoms with van der Waals surface area (Å²) in [5.74, 6) is -0.00414. The largest absolute Gasteiger partial charge is 0.349 e. The first-order valence-electron chi connectivity index (χ1n) is 7.19. The van der Waals surface area contributed by atoms with Crippen molar-refractivity contribution in [3.63, 3.8) is 0 Å². The van der Waals surface area contributed by atoms with E-state index in [2.05, 4.69) is 43.4 Å². The van der Waals surface area contributed by atoms with E-state index in [-0.39, 0.29) is 11.9 Å². The number of carbonyl (C=O) groups is 1. The fourth-order valence-electron chi connectivity index (χ4n) is 2.28. The highest BCUT2D eigenvalue weighted by molar-refractivity contribution is 6.31. The maximum Gasteiger partial charge on any atom is 0.224 e. The lowest BCUT2D eigenvalue weighted by molar-refractivity contribution is -0.121. The van der Waals surface area contributed by atoms with Gasteiger partial charge in [-0.3, -0.25) is 4.79 Å². The zero-order valence-corrected chi connectivity index (χ0v) is 13.2. The van der Waals surface area contributed by atoms with Gasteiger partial charge in [0, 0.05) is 5.02 Å². The molecular weight excluding hydrogens is 282 g/mol. The zero-order chi connectivity index (χ0) is 15.2. The van der Waals surface area contributed by atoms with E-state index < -0.39 is 0 Å². The maximum absolute atomic E-state index is 12.2. The Bertz CT molecular complexity index is 607. The molecule has 2 rings (SSSR count). The predicted molar refractivity (Wildman–Crippen MR) is 87.5 cm³/mol. The van der Waals surface area contributed by atoms with Crippen molar-refractivity contribution in [3.8, 4) is 0 Å². The molecule has 1 N–H and O–H groups in total. The molecule has 0 bridgehead atoms. The van der Waals surface area contributed by atoms with Crippen molar-refractivity contribution in [2.24, 2.45) is 0 Å². The lowest BCUT2D eigenvalue weighted by atomic mass is 10.0.